The van der Waals surface area contributed by atoms with Crippen LogP contribution in [-0.2, 0) is 8.26 Å². The van der Waals surface area contributed by atoms with Crippen molar-refractivity contribution in [1.82, 2.24) is 0 Å². The van der Waals surface area contributed by atoms with Crippen molar-refractivity contribution in [2.45, 2.75) is 13.8 Å². The molecule has 56 valence electrons. The molecule has 0 aliphatic heterocycles. The summed E-state index contributed by atoms with van der Waals surface area (Å²) >= 11 is 0. The largest absolute Gasteiger partial charge is 0.317 e. The average Bonchev–Trinajstić information content (AvgIpc) is 1.19. The zero-order valence-electron chi connectivity index (χ0n) is 5.19. The molecule has 0 radical (unpaired) electrons. The van der Waals surface area contributed by atoms with Crippen LogP contribution in [0.1, 0.15) is 13.8 Å². The Hall–Kier alpha value is 0.270. The zero-order valence-corrected chi connectivity index (χ0v) is 7.52. The summed E-state index contributed by atoms with van der Waals surface area (Å²) in [5, 5.41) is 0. The summed E-state index contributed by atoms with van der Waals surface area (Å²) in [5.74, 6) is 0. The Morgan fingerprint density at radius 1 is 1.33 bits per heavy atom. The van der Waals surface area contributed by atoms with Crippen molar-refractivity contribution in [3.8, 4) is 0 Å². The van der Waals surface area contributed by atoms with Crippen molar-refractivity contribution >= 4 is 29.6 Å². The van der Waals surface area contributed by atoms with Crippen LogP contribution in [-0.4, -0.2) is 8.42 Å². The monoisotopic (exact) mass is 190 g/mol. The third kappa shape index (κ3) is 4460. The topological polar surface area (TPSA) is 34.1 Å². The first kappa shape index (κ1) is 12.0. The molecule has 0 unspecified atom stereocenters. The van der Waals surface area contributed by atoms with E-state index >= 15 is 0 Å². The molecule has 5 heteroatoms. The molecule has 0 spiro atoms. The van der Waals surface area contributed by atoms with E-state index in [2.05, 4.69) is 27.9 Å². The molecule has 0 amide bonds. The van der Waals surface area contributed by atoms with E-state index in [1.807, 2.05) is 13.8 Å². The molecule has 0 rings (SSSR count). The van der Waals surface area contributed by atoms with Crippen LogP contribution in [0.2, 0.25) is 0 Å². The highest BCUT2D eigenvalue weighted by atomic mass is 36.0. The van der Waals surface area contributed by atoms with E-state index in [4.69, 9.17) is 8.42 Å². The summed E-state index contributed by atoms with van der Waals surface area (Å²) in [7, 11) is 4.81. The Morgan fingerprint density at radius 2 is 1.33 bits per heavy atom. The summed E-state index contributed by atoms with van der Waals surface area (Å²) in [5.41, 5.74) is 1.17. The zero-order chi connectivity index (χ0) is 8.08. The highest BCUT2D eigenvalue weighted by Crippen LogP contribution is 1.98. The first-order valence-corrected chi connectivity index (χ1v) is 5.13. The van der Waals surface area contributed by atoms with Gasteiger partial charge in [0.25, 0.3) is 0 Å². The third-order valence-corrected chi connectivity index (χ3v) is 0. The van der Waals surface area contributed by atoms with Gasteiger partial charge in [0.1, 0.15) is 0 Å². The van der Waals surface area contributed by atoms with E-state index in [-0.39, 0.29) is 0 Å². The minimum absolute atomic E-state index is 1.17. The van der Waals surface area contributed by atoms with Crippen molar-refractivity contribution in [3.63, 3.8) is 0 Å². The molecule has 0 saturated carbocycles. The van der Waals surface area contributed by atoms with Gasteiger partial charge >= 0.3 is 8.26 Å². The van der Waals surface area contributed by atoms with E-state index in [9.17, 15) is 0 Å². The van der Waals surface area contributed by atoms with Crippen LogP contribution < -0.4 is 0 Å². The predicted octanol–water partition coefficient (Wildman–Crippen LogP) is 2.29. The first-order valence-electron chi connectivity index (χ1n) is 2.00. The maximum atomic E-state index is 9.16. The molecule has 0 aliphatic carbocycles. The summed E-state index contributed by atoms with van der Waals surface area (Å²) in [6.45, 7) is 7.50. The normalized spacial score (nSPS) is 9.33. The summed E-state index contributed by atoms with van der Waals surface area (Å²) in [4.78, 5) is 0. The van der Waals surface area contributed by atoms with Crippen molar-refractivity contribution in [3.05, 3.63) is 12.2 Å². The maximum Gasteiger partial charge on any atom is 0.317 e. The number of rotatable bonds is 0. The molecule has 0 fully saturated rings. The Kier molecular flexibility index (Phi) is 6.78. The van der Waals surface area contributed by atoms with Crippen molar-refractivity contribution in [1.29, 1.82) is 0 Å². The molecule has 0 aromatic carbocycles. The number of hydrogen-bond donors (Lipinski definition) is 0. The minimum atomic E-state index is -3.72. The van der Waals surface area contributed by atoms with Gasteiger partial charge in [-0.3, -0.25) is 0 Å². The predicted molar refractivity (Wildman–Crippen MR) is 41.1 cm³/mol. The molecule has 0 N–H and O–H groups in total. The summed E-state index contributed by atoms with van der Waals surface area (Å²) in [6, 6.07) is 0. The Bertz CT molecular complexity index is 159. The van der Waals surface area contributed by atoms with Crippen LogP contribution in [0.25, 0.3) is 0 Å². The van der Waals surface area contributed by atoms with Crippen molar-refractivity contribution in [2.75, 3.05) is 0 Å². The highest BCUT2D eigenvalue weighted by molar-refractivity contribution is 8.31. The second-order valence-electron chi connectivity index (χ2n) is 1.59. The lowest BCUT2D eigenvalue weighted by molar-refractivity contribution is 0.621. The highest BCUT2D eigenvalue weighted by Gasteiger charge is 1.88. The van der Waals surface area contributed by atoms with Crippen LogP contribution in [0.5, 0.6) is 0 Å². The van der Waals surface area contributed by atoms with Gasteiger partial charge in [-0.05, 0) is 13.8 Å². The molecule has 0 atom stereocenters. The lowest BCUT2D eigenvalue weighted by Gasteiger charge is -1.65. The summed E-state index contributed by atoms with van der Waals surface area (Å²) < 4.78 is 18.3. The van der Waals surface area contributed by atoms with E-state index in [1.54, 1.807) is 0 Å². The van der Waals surface area contributed by atoms with E-state index < -0.39 is 8.26 Å². The molecule has 0 saturated heterocycles. The molecule has 0 aromatic heterocycles. The van der Waals surface area contributed by atoms with Crippen molar-refractivity contribution < 1.29 is 8.42 Å². The van der Waals surface area contributed by atoms with Gasteiger partial charge in [-0.15, -0.1) is 6.58 Å². The average molecular weight is 191 g/mol. The van der Waals surface area contributed by atoms with Gasteiger partial charge in [0.05, 0.1) is 0 Å². The number of allylic oxidation sites excluding steroid dienone is 1. The van der Waals surface area contributed by atoms with Crippen LogP contribution in [0.3, 0.4) is 0 Å². The van der Waals surface area contributed by atoms with Gasteiger partial charge in [0.2, 0.25) is 0 Å². The Labute approximate surface area is 64.4 Å². The molecule has 9 heavy (non-hydrogen) atoms. The van der Waals surface area contributed by atoms with Gasteiger partial charge in [0.15, 0.2) is 0 Å². The van der Waals surface area contributed by atoms with E-state index in [0.29, 0.717) is 0 Å². The lowest BCUT2D eigenvalue weighted by Crippen LogP contribution is -1.63. The molecule has 0 bridgehead atoms. The quantitative estimate of drug-likeness (QED) is 0.434. The fraction of sp³-hybridized carbons (Fsp3) is 0.500. The summed E-state index contributed by atoms with van der Waals surface area (Å²) in [6.07, 6.45) is 0. The first-order chi connectivity index (χ1) is 3.73. The molecular formula is C4H8Cl2O2S. The van der Waals surface area contributed by atoms with Crippen LogP contribution >= 0.6 is 21.4 Å². The van der Waals surface area contributed by atoms with Gasteiger partial charge in [0, 0.05) is 21.4 Å². The van der Waals surface area contributed by atoms with Crippen molar-refractivity contribution in [2.24, 2.45) is 0 Å². The third-order valence-electron chi connectivity index (χ3n) is 0. The van der Waals surface area contributed by atoms with E-state index in [0.717, 1.165) is 0 Å². The molecule has 0 aromatic rings. The smallest absolute Gasteiger partial charge is 0.195 e. The maximum absolute atomic E-state index is 9.16. The van der Waals surface area contributed by atoms with E-state index in [1.165, 1.54) is 5.57 Å². The molecule has 0 heterocycles. The molecule has 2 nitrogen and oxygen atoms in total. The fourth-order valence-electron chi connectivity index (χ4n) is 0. The minimum Gasteiger partial charge on any atom is -0.195 e. The van der Waals surface area contributed by atoms with Crippen LogP contribution in [0, 0.1) is 0 Å². The van der Waals surface area contributed by atoms with Gasteiger partial charge < -0.3 is 0 Å². The Balaban J connectivity index is 0. The SMILES string of the molecule is C=C(C)C.O=S(=O)(Cl)Cl. The van der Waals surface area contributed by atoms with Gasteiger partial charge in [-0.1, -0.05) is 5.57 Å². The second kappa shape index (κ2) is 5.09. The Morgan fingerprint density at radius 3 is 1.33 bits per heavy atom. The van der Waals surface area contributed by atoms with Gasteiger partial charge in [-0.2, -0.15) is 8.42 Å². The number of hydrogen-bond acceptors (Lipinski definition) is 2. The van der Waals surface area contributed by atoms with Crippen LogP contribution in [0.15, 0.2) is 12.2 Å². The van der Waals surface area contributed by atoms with Crippen LogP contribution in [0.4, 0.5) is 0 Å². The van der Waals surface area contributed by atoms with Gasteiger partial charge in [-0.25, -0.2) is 0 Å². The fourth-order valence-corrected chi connectivity index (χ4v) is 0. The molecule has 0 aliphatic rings. The lowest BCUT2D eigenvalue weighted by atomic mass is 10.4. The standard InChI is InChI=1S/C4H8.Cl2O2S/c1-4(2)3;1-5(2,3)4/h1H2,2-3H3;. The number of halogens is 2. The second-order valence-corrected chi connectivity index (χ2v) is 5.25. The molecular weight excluding hydrogens is 183 g/mol.